The largest absolute Gasteiger partial charge is 0.443 e. The van der Waals surface area contributed by atoms with Crippen LogP contribution in [0.25, 0.3) is 11.3 Å². The summed E-state index contributed by atoms with van der Waals surface area (Å²) in [7, 11) is 0. The molecule has 0 radical (unpaired) electrons. The Labute approximate surface area is 156 Å². The van der Waals surface area contributed by atoms with Crippen molar-refractivity contribution in [3.63, 3.8) is 0 Å². The van der Waals surface area contributed by atoms with Crippen molar-refractivity contribution in [1.29, 1.82) is 0 Å². The van der Waals surface area contributed by atoms with Gasteiger partial charge in [-0.2, -0.15) is 0 Å². The fourth-order valence-corrected chi connectivity index (χ4v) is 3.18. The summed E-state index contributed by atoms with van der Waals surface area (Å²) in [6, 6.07) is 17.0. The summed E-state index contributed by atoms with van der Waals surface area (Å²) in [5.41, 5.74) is 2.15. The molecule has 1 amide bonds. The van der Waals surface area contributed by atoms with Crippen molar-refractivity contribution in [2.45, 2.75) is 6.10 Å². The molecular weight excluding hydrogens is 352 g/mol. The number of nitrogens with zero attached hydrogens (tertiary/aromatic N) is 2. The van der Waals surface area contributed by atoms with Gasteiger partial charge >= 0.3 is 0 Å². The first kappa shape index (κ1) is 16.8. The Bertz CT molecular complexity index is 893. The molecule has 4 rings (SSSR count). The van der Waals surface area contributed by atoms with Crippen LogP contribution in [0.2, 0.25) is 5.02 Å². The maximum atomic E-state index is 13.0. The lowest BCUT2D eigenvalue weighted by Gasteiger charge is -2.33. The Hall–Kier alpha value is -2.63. The van der Waals surface area contributed by atoms with Gasteiger partial charge in [-0.05, 0) is 17.7 Å². The molecule has 6 heteroatoms. The van der Waals surface area contributed by atoms with Gasteiger partial charge in [-0.25, -0.2) is 4.98 Å². The lowest BCUT2D eigenvalue weighted by molar-refractivity contribution is -0.0229. The van der Waals surface area contributed by atoms with Crippen LogP contribution in [0.3, 0.4) is 0 Å². The number of benzene rings is 2. The van der Waals surface area contributed by atoms with E-state index in [-0.39, 0.29) is 12.0 Å². The highest BCUT2D eigenvalue weighted by Crippen LogP contribution is 2.27. The van der Waals surface area contributed by atoms with E-state index in [0.717, 1.165) is 11.1 Å². The number of oxazole rings is 1. The minimum atomic E-state index is -0.183. The molecule has 0 spiro atoms. The molecule has 1 atom stereocenters. The molecule has 1 unspecified atom stereocenters. The standard InChI is InChI=1S/C20H17ClN2O3/c21-16-8-6-14(7-9-16)17-12-23(10-11-25-17)20(24)18-19(26-13-22-18)15-4-2-1-3-5-15/h1-9,13,17H,10-12H2. The fraction of sp³-hybridized carbons (Fsp3) is 0.200. The van der Waals surface area contributed by atoms with E-state index in [1.807, 2.05) is 54.6 Å². The average molecular weight is 369 g/mol. The van der Waals surface area contributed by atoms with Crippen LogP contribution in [0.4, 0.5) is 0 Å². The van der Waals surface area contributed by atoms with Gasteiger partial charge in [-0.15, -0.1) is 0 Å². The second kappa shape index (κ2) is 7.32. The minimum absolute atomic E-state index is 0.153. The molecule has 5 nitrogen and oxygen atoms in total. The van der Waals surface area contributed by atoms with Gasteiger partial charge in [-0.3, -0.25) is 4.79 Å². The van der Waals surface area contributed by atoms with Crippen LogP contribution < -0.4 is 0 Å². The third-order valence-electron chi connectivity index (χ3n) is 4.40. The zero-order chi connectivity index (χ0) is 17.9. The molecule has 1 fully saturated rings. The summed E-state index contributed by atoms with van der Waals surface area (Å²) in [5.74, 6) is 0.338. The number of carbonyl (C=O) groups excluding carboxylic acids is 1. The van der Waals surface area contributed by atoms with Crippen molar-refractivity contribution in [1.82, 2.24) is 9.88 Å². The van der Waals surface area contributed by atoms with Crippen LogP contribution in [-0.4, -0.2) is 35.5 Å². The highest BCUT2D eigenvalue weighted by Gasteiger charge is 2.29. The highest BCUT2D eigenvalue weighted by atomic mass is 35.5. The van der Waals surface area contributed by atoms with Gasteiger partial charge in [0.25, 0.3) is 5.91 Å². The molecule has 0 bridgehead atoms. The Kier molecular flexibility index (Phi) is 4.73. The molecule has 1 aromatic heterocycles. The Morgan fingerprint density at radius 1 is 1.12 bits per heavy atom. The molecule has 0 saturated carbocycles. The molecule has 1 aliphatic heterocycles. The van der Waals surface area contributed by atoms with E-state index in [1.165, 1.54) is 6.39 Å². The predicted octanol–water partition coefficient (Wildman–Crippen LogP) is 4.21. The number of rotatable bonds is 3. The monoisotopic (exact) mass is 368 g/mol. The second-order valence-corrected chi connectivity index (χ2v) is 6.49. The topological polar surface area (TPSA) is 55.6 Å². The van der Waals surface area contributed by atoms with Crippen molar-refractivity contribution in [3.8, 4) is 11.3 Å². The third-order valence-corrected chi connectivity index (χ3v) is 4.65. The van der Waals surface area contributed by atoms with Gasteiger partial charge in [0.2, 0.25) is 0 Å². The van der Waals surface area contributed by atoms with E-state index in [9.17, 15) is 4.79 Å². The van der Waals surface area contributed by atoms with Crippen molar-refractivity contribution in [2.75, 3.05) is 19.7 Å². The number of carbonyl (C=O) groups is 1. The maximum Gasteiger partial charge on any atom is 0.276 e. The summed E-state index contributed by atoms with van der Waals surface area (Å²) in [6.07, 6.45) is 1.13. The number of halogens is 1. The summed E-state index contributed by atoms with van der Waals surface area (Å²) in [4.78, 5) is 18.9. The van der Waals surface area contributed by atoms with Gasteiger partial charge in [0.1, 0.15) is 6.10 Å². The highest BCUT2D eigenvalue weighted by molar-refractivity contribution is 6.30. The van der Waals surface area contributed by atoms with Crippen LogP contribution in [0, 0.1) is 0 Å². The predicted molar refractivity (Wildman–Crippen MR) is 98.0 cm³/mol. The fourth-order valence-electron chi connectivity index (χ4n) is 3.06. The molecule has 2 heterocycles. The van der Waals surface area contributed by atoms with Crippen molar-refractivity contribution in [3.05, 3.63) is 77.3 Å². The molecule has 26 heavy (non-hydrogen) atoms. The molecule has 1 aliphatic rings. The van der Waals surface area contributed by atoms with Gasteiger partial charge in [0.15, 0.2) is 17.8 Å². The molecule has 0 aliphatic carbocycles. The van der Waals surface area contributed by atoms with Crippen LogP contribution >= 0.6 is 11.6 Å². The van der Waals surface area contributed by atoms with E-state index in [0.29, 0.717) is 36.2 Å². The molecule has 0 N–H and O–H groups in total. The van der Waals surface area contributed by atoms with E-state index < -0.39 is 0 Å². The molecular formula is C20H17ClN2O3. The smallest absolute Gasteiger partial charge is 0.276 e. The molecule has 3 aromatic rings. The van der Waals surface area contributed by atoms with Crippen molar-refractivity contribution in [2.24, 2.45) is 0 Å². The van der Waals surface area contributed by atoms with Gasteiger partial charge < -0.3 is 14.1 Å². The van der Waals surface area contributed by atoms with Crippen LogP contribution in [-0.2, 0) is 4.74 Å². The third kappa shape index (κ3) is 3.36. The normalized spacial score (nSPS) is 17.3. The number of morpholine rings is 1. The first-order chi connectivity index (χ1) is 12.7. The zero-order valence-electron chi connectivity index (χ0n) is 14.0. The van der Waals surface area contributed by atoms with Crippen LogP contribution in [0.1, 0.15) is 22.2 Å². The average Bonchev–Trinajstić information content (AvgIpc) is 3.18. The first-order valence-electron chi connectivity index (χ1n) is 8.37. The Morgan fingerprint density at radius 2 is 1.88 bits per heavy atom. The van der Waals surface area contributed by atoms with Crippen molar-refractivity contribution < 1.29 is 13.9 Å². The summed E-state index contributed by atoms with van der Waals surface area (Å²) in [5, 5.41) is 0.674. The quantitative estimate of drug-likeness (QED) is 0.695. The lowest BCUT2D eigenvalue weighted by Crippen LogP contribution is -2.42. The van der Waals surface area contributed by atoms with Crippen LogP contribution in [0.15, 0.2) is 65.4 Å². The number of aromatic nitrogens is 1. The van der Waals surface area contributed by atoms with E-state index in [1.54, 1.807) is 4.90 Å². The van der Waals surface area contributed by atoms with E-state index in [2.05, 4.69) is 4.98 Å². The molecule has 2 aromatic carbocycles. The van der Waals surface area contributed by atoms with Crippen LogP contribution in [0.5, 0.6) is 0 Å². The lowest BCUT2D eigenvalue weighted by atomic mass is 10.1. The summed E-state index contributed by atoms with van der Waals surface area (Å²) < 4.78 is 11.3. The molecule has 132 valence electrons. The minimum Gasteiger partial charge on any atom is -0.443 e. The summed E-state index contributed by atoms with van der Waals surface area (Å²) in [6.45, 7) is 1.45. The maximum absolute atomic E-state index is 13.0. The number of hydrogen-bond donors (Lipinski definition) is 0. The number of ether oxygens (including phenoxy) is 1. The summed E-state index contributed by atoms with van der Waals surface area (Å²) >= 11 is 5.95. The second-order valence-electron chi connectivity index (χ2n) is 6.06. The first-order valence-corrected chi connectivity index (χ1v) is 8.75. The molecule has 1 saturated heterocycles. The SMILES string of the molecule is O=C(c1ncoc1-c1ccccc1)N1CCOC(c2ccc(Cl)cc2)C1. The van der Waals surface area contributed by atoms with E-state index >= 15 is 0 Å². The van der Waals surface area contributed by atoms with Crippen molar-refractivity contribution >= 4 is 17.5 Å². The van der Waals surface area contributed by atoms with Gasteiger partial charge in [0.05, 0.1) is 13.2 Å². The Morgan fingerprint density at radius 3 is 2.65 bits per heavy atom. The Balaban J connectivity index is 1.55. The van der Waals surface area contributed by atoms with Gasteiger partial charge in [-0.1, -0.05) is 54.1 Å². The van der Waals surface area contributed by atoms with Gasteiger partial charge in [0, 0.05) is 17.1 Å². The number of hydrogen-bond acceptors (Lipinski definition) is 4. The zero-order valence-corrected chi connectivity index (χ0v) is 14.7. The van der Waals surface area contributed by atoms with E-state index in [4.69, 9.17) is 20.8 Å². The number of amides is 1.